The summed E-state index contributed by atoms with van der Waals surface area (Å²) >= 11 is 0. The van der Waals surface area contributed by atoms with Crippen LogP contribution in [-0.2, 0) is 0 Å². The van der Waals surface area contributed by atoms with Crippen molar-refractivity contribution in [1.29, 1.82) is 0 Å². The molecule has 0 aromatic heterocycles. The van der Waals surface area contributed by atoms with Crippen molar-refractivity contribution in [2.24, 2.45) is 0 Å². The molecule has 138 valence electrons. The summed E-state index contributed by atoms with van der Waals surface area (Å²) in [5.74, 6) is 0.732. The Labute approximate surface area is 151 Å². The van der Waals surface area contributed by atoms with Gasteiger partial charge in [0.2, 0.25) is 0 Å². The third-order valence-corrected chi connectivity index (χ3v) is 5.37. The average Bonchev–Trinajstić information content (AvgIpc) is 2.93. The number of benzene rings is 1. The fourth-order valence-corrected chi connectivity index (χ4v) is 3.96. The van der Waals surface area contributed by atoms with Gasteiger partial charge in [-0.15, -0.1) is 0 Å². The molecule has 25 heavy (non-hydrogen) atoms. The lowest BCUT2D eigenvalue weighted by Gasteiger charge is -2.39. The highest BCUT2D eigenvalue weighted by atomic mass is 16.5. The Bertz CT molecular complexity index is 548. The molecule has 5 nitrogen and oxygen atoms in total. The zero-order chi connectivity index (χ0) is 17.5. The maximum absolute atomic E-state index is 12.6. The molecule has 1 heterocycles. The SMILES string of the molecule is CCOc1ccccc1NC(=O)N1CCN(C2CCCCCC2)CC1. The second-order valence-electron chi connectivity index (χ2n) is 7.03. The molecule has 1 saturated heterocycles. The quantitative estimate of drug-likeness (QED) is 0.840. The first-order valence-electron chi connectivity index (χ1n) is 9.79. The average molecular weight is 345 g/mol. The minimum absolute atomic E-state index is 0.0207. The van der Waals surface area contributed by atoms with E-state index in [0.717, 1.165) is 43.7 Å². The highest BCUT2D eigenvalue weighted by Gasteiger charge is 2.26. The van der Waals surface area contributed by atoms with E-state index in [2.05, 4.69) is 10.2 Å². The summed E-state index contributed by atoms with van der Waals surface area (Å²) in [4.78, 5) is 17.1. The van der Waals surface area contributed by atoms with E-state index in [-0.39, 0.29) is 6.03 Å². The summed E-state index contributed by atoms with van der Waals surface area (Å²) in [5.41, 5.74) is 0.751. The van der Waals surface area contributed by atoms with E-state index in [1.54, 1.807) is 0 Å². The summed E-state index contributed by atoms with van der Waals surface area (Å²) in [6.45, 7) is 6.13. The van der Waals surface area contributed by atoms with Crippen molar-refractivity contribution in [1.82, 2.24) is 9.80 Å². The molecule has 3 rings (SSSR count). The topological polar surface area (TPSA) is 44.8 Å². The first kappa shape index (κ1) is 18.1. The first-order chi connectivity index (χ1) is 12.3. The normalized spacial score (nSPS) is 20.1. The Kier molecular flexibility index (Phi) is 6.56. The van der Waals surface area contributed by atoms with Crippen molar-refractivity contribution in [2.45, 2.75) is 51.5 Å². The number of nitrogens with one attached hydrogen (secondary N) is 1. The molecule has 5 heteroatoms. The van der Waals surface area contributed by atoms with E-state index in [1.807, 2.05) is 36.1 Å². The van der Waals surface area contributed by atoms with Crippen LogP contribution < -0.4 is 10.1 Å². The van der Waals surface area contributed by atoms with Crippen LogP contribution in [0.3, 0.4) is 0 Å². The number of ether oxygens (including phenoxy) is 1. The lowest BCUT2D eigenvalue weighted by Crippen LogP contribution is -2.52. The Balaban J connectivity index is 1.51. The van der Waals surface area contributed by atoms with Crippen LogP contribution in [0.2, 0.25) is 0 Å². The van der Waals surface area contributed by atoms with Gasteiger partial charge >= 0.3 is 6.03 Å². The lowest BCUT2D eigenvalue weighted by molar-refractivity contribution is 0.105. The number of rotatable bonds is 4. The minimum Gasteiger partial charge on any atom is -0.492 e. The van der Waals surface area contributed by atoms with Gasteiger partial charge in [0.25, 0.3) is 0 Å². The Morgan fingerprint density at radius 3 is 2.44 bits per heavy atom. The summed E-state index contributed by atoms with van der Waals surface area (Å²) in [6, 6.07) is 8.33. The summed E-state index contributed by atoms with van der Waals surface area (Å²) in [7, 11) is 0. The number of nitrogens with zero attached hydrogens (tertiary/aromatic N) is 2. The van der Waals surface area contributed by atoms with Gasteiger partial charge in [-0.05, 0) is 31.9 Å². The van der Waals surface area contributed by atoms with Gasteiger partial charge in [0.05, 0.1) is 12.3 Å². The summed E-state index contributed by atoms with van der Waals surface area (Å²) in [5, 5.41) is 3.01. The molecule has 1 N–H and O–H groups in total. The zero-order valence-electron chi connectivity index (χ0n) is 15.4. The van der Waals surface area contributed by atoms with Crippen LogP contribution in [0.5, 0.6) is 5.75 Å². The molecule has 1 aromatic rings. The van der Waals surface area contributed by atoms with Gasteiger partial charge < -0.3 is 15.0 Å². The van der Waals surface area contributed by atoms with E-state index in [4.69, 9.17) is 4.74 Å². The minimum atomic E-state index is -0.0207. The third kappa shape index (κ3) is 4.88. The van der Waals surface area contributed by atoms with Gasteiger partial charge in [-0.2, -0.15) is 0 Å². The van der Waals surface area contributed by atoms with E-state index in [9.17, 15) is 4.79 Å². The molecule has 0 bridgehead atoms. The van der Waals surface area contributed by atoms with Crippen molar-refractivity contribution in [2.75, 3.05) is 38.1 Å². The van der Waals surface area contributed by atoms with Gasteiger partial charge in [-0.25, -0.2) is 4.79 Å². The van der Waals surface area contributed by atoms with Gasteiger partial charge in [0.1, 0.15) is 5.75 Å². The van der Waals surface area contributed by atoms with Gasteiger partial charge in [-0.1, -0.05) is 37.8 Å². The van der Waals surface area contributed by atoms with Crippen molar-refractivity contribution in [3.63, 3.8) is 0 Å². The highest BCUT2D eigenvalue weighted by Crippen LogP contribution is 2.25. The Hall–Kier alpha value is -1.75. The standard InChI is InChI=1S/C20H31N3O2/c1-2-25-19-12-8-7-11-18(19)21-20(24)23-15-13-22(14-16-23)17-9-5-3-4-6-10-17/h7-8,11-12,17H,2-6,9-10,13-16H2,1H3,(H,21,24). The molecule has 1 aliphatic heterocycles. The molecule has 2 fully saturated rings. The number of carbonyl (C=O) groups is 1. The van der Waals surface area contributed by atoms with Gasteiger partial charge in [0, 0.05) is 32.2 Å². The maximum Gasteiger partial charge on any atom is 0.322 e. The number of amides is 2. The molecule has 0 spiro atoms. The second kappa shape index (κ2) is 9.09. The molecule has 1 aliphatic carbocycles. The van der Waals surface area contributed by atoms with E-state index in [0.29, 0.717) is 6.61 Å². The maximum atomic E-state index is 12.6. The monoisotopic (exact) mass is 345 g/mol. The van der Waals surface area contributed by atoms with Crippen molar-refractivity contribution >= 4 is 11.7 Å². The predicted molar refractivity (Wildman–Crippen MR) is 101 cm³/mol. The molecule has 0 unspecified atom stereocenters. The molecular formula is C20H31N3O2. The molecule has 1 aromatic carbocycles. The Morgan fingerprint density at radius 1 is 1.08 bits per heavy atom. The predicted octanol–water partition coefficient (Wildman–Crippen LogP) is 3.96. The number of piperazine rings is 1. The second-order valence-corrected chi connectivity index (χ2v) is 7.03. The van der Waals surface area contributed by atoms with Gasteiger partial charge in [0.15, 0.2) is 0 Å². The lowest BCUT2D eigenvalue weighted by atomic mass is 10.1. The molecule has 0 atom stereocenters. The van der Waals surface area contributed by atoms with E-state index < -0.39 is 0 Å². The van der Waals surface area contributed by atoms with Crippen molar-refractivity contribution in [3.8, 4) is 5.75 Å². The molecule has 1 saturated carbocycles. The van der Waals surface area contributed by atoms with Gasteiger partial charge in [-0.3, -0.25) is 4.90 Å². The molecule has 2 amide bonds. The Morgan fingerprint density at radius 2 is 1.76 bits per heavy atom. The smallest absolute Gasteiger partial charge is 0.322 e. The van der Waals surface area contributed by atoms with Crippen LogP contribution >= 0.6 is 0 Å². The summed E-state index contributed by atoms with van der Waals surface area (Å²) < 4.78 is 5.59. The number of carbonyl (C=O) groups excluding carboxylic acids is 1. The number of para-hydroxylation sites is 2. The van der Waals surface area contributed by atoms with Crippen LogP contribution in [-0.4, -0.2) is 54.7 Å². The van der Waals surface area contributed by atoms with Crippen LogP contribution in [0.25, 0.3) is 0 Å². The highest BCUT2D eigenvalue weighted by molar-refractivity contribution is 5.91. The number of anilines is 1. The van der Waals surface area contributed by atoms with Crippen molar-refractivity contribution < 1.29 is 9.53 Å². The van der Waals surface area contributed by atoms with Crippen LogP contribution in [0.4, 0.5) is 10.5 Å². The summed E-state index contributed by atoms with van der Waals surface area (Å²) in [6.07, 6.45) is 8.15. The van der Waals surface area contributed by atoms with Crippen LogP contribution in [0.1, 0.15) is 45.4 Å². The third-order valence-electron chi connectivity index (χ3n) is 5.37. The zero-order valence-corrected chi connectivity index (χ0v) is 15.4. The largest absolute Gasteiger partial charge is 0.492 e. The number of hydrogen-bond donors (Lipinski definition) is 1. The van der Waals surface area contributed by atoms with Crippen LogP contribution in [0, 0.1) is 0 Å². The van der Waals surface area contributed by atoms with E-state index >= 15 is 0 Å². The first-order valence-corrected chi connectivity index (χ1v) is 9.79. The fourth-order valence-electron chi connectivity index (χ4n) is 3.96. The van der Waals surface area contributed by atoms with E-state index in [1.165, 1.54) is 38.5 Å². The van der Waals surface area contributed by atoms with Crippen LogP contribution in [0.15, 0.2) is 24.3 Å². The van der Waals surface area contributed by atoms with Crippen molar-refractivity contribution in [3.05, 3.63) is 24.3 Å². The molecule has 2 aliphatic rings. The number of urea groups is 1. The molecule has 0 radical (unpaired) electrons. The fraction of sp³-hybridized carbons (Fsp3) is 0.650. The molecular weight excluding hydrogens is 314 g/mol. The number of hydrogen-bond acceptors (Lipinski definition) is 3.